The average Bonchev–Trinajstić information content (AvgIpc) is 2.76. The highest BCUT2D eigenvalue weighted by Gasteiger charge is 2.18. The van der Waals surface area contributed by atoms with E-state index in [-0.39, 0.29) is 17.4 Å². The number of nitrogen functional groups attached to an aromatic ring is 1. The largest absolute Gasteiger partial charge is 0.467 e. The van der Waals surface area contributed by atoms with Gasteiger partial charge in [0.1, 0.15) is 10.8 Å². The van der Waals surface area contributed by atoms with Crippen molar-refractivity contribution in [3.05, 3.63) is 21.9 Å². The second-order valence-electron chi connectivity index (χ2n) is 5.15. The van der Waals surface area contributed by atoms with Crippen molar-refractivity contribution in [2.45, 2.75) is 32.6 Å². The molecule has 0 amide bonds. The van der Waals surface area contributed by atoms with Gasteiger partial charge in [0.25, 0.3) is 0 Å². The van der Waals surface area contributed by atoms with Crippen LogP contribution in [0.4, 0.5) is 5.95 Å². The monoisotopic (exact) mass is 279 g/mol. The number of thiazole rings is 1. The quantitative estimate of drug-likeness (QED) is 0.922. The number of aromatic nitrogens is 4. The summed E-state index contributed by atoms with van der Waals surface area (Å²) in [7, 11) is 1.50. The highest BCUT2D eigenvalue weighted by atomic mass is 32.1. The third-order valence-corrected chi connectivity index (χ3v) is 3.34. The molecule has 0 spiro atoms. The number of nitrogens with zero attached hydrogens (tertiary/aromatic N) is 4. The Morgan fingerprint density at radius 3 is 2.53 bits per heavy atom. The number of nitrogens with two attached hydrogens (primary N) is 1. The van der Waals surface area contributed by atoms with Crippen LogP contribution in [0.3, 0.4) is 0 Å². The van der Waals surface area contributed by atoms with Crippen LogP contribution in [0, 0.1) is 0 Å². The van der Waals surface area contributed by atoms with Crippen molar-refractivity contribution in [3.8, 4) is 6.01 Å². The van der Waals surface area contributed by atoms with Crippen LogP contribution in [-0.4, -0.2) is 27.0 Å². The summed E-state index contributed by atoms with van der Waals surface area (Å²) in [5, 5.41) is 3.02. The molecular weight excluding hydrogens is 262 g/mol. The van der Waals surface area contributed by atoms with Gasteiger partial charge in [-0.25, -0.2) is 4.98 Å². The van der Waals surface area contributed by atoms with Crippen LogP contribution in [-0.2, 0) is 11.8 Å². The Morgan fingerprint density at radius 2 is 1.95 bits per heavy atom. The molecule has 0 radical (unpaired) electrons. The summed E-state index contributed by atoms with van der Waals surface area (Å²) >= 11 is 1.60. The van der Waals surface area contributed by atoms with E-state index in [9.17, 15) is 0 Å². The first-order valence-electron chi connectivity index (χ1n) is 5.88. The molecule has 2 N–H and O–H groups in total. The summed E-state index contributed by atoms with van der Waals surface area (Å²) in [4.78, 5) is 16.7. The average molecular weight is 279 g/mol. The molecular formula is C12H17N5OS. The lowest BCUT2D eigenvalue weighted by Gasteiger charge is -2.14. The zero-order chi connectivity index (χ0) is 14.0. The molecule has 0 atom stereocenters. The van der Waals surface area contributed by atoms with Gasteiger partial charge < -0.3 is 10.5 Å². The molecule has 6 nitrogen and oxygen atoms in total. The fourth-order valence-electron chi connectivity index (χ4n) is 1.46. The molecule has 0 aliphatic rings. The van der Waals surface area contributed by atoms with Crippen molar-refractivity contribution in [1.29, 1.82) is 0 Å². The number of hydrogen-bond acceptors (Lipinski definition) is 7. The minimum atomic E-state index is 0.0462. The van der Waals surface area contributed by atoms with Crippen molar-refractivity contribution in [3.63, 3.8) is 0 Å². The van der Waals surface area contributed by atoms with Gasteiger partial charge in [-0.15, -0.1) is 11.3 Å². The molecule has 2 aromatic heterocycles. The zero-order valence-electron chi connectivity index (χ0n) is 11.5. The van der Waals surface area contributed by atoms with Gasteiger partial charge in [0.2, 0.25) is 5.95 Å². The maximum Gasteiger partial charge on any atom is 0.321 e. The smallest absolute Gasteiger partial charge is 0.321 e. The normalized spacial score (nSPS) is 11.6. The zero-order valence-corrected chi connectivity index (χ0v) is 12.3. The van der Waals surface area contributed by atoms with E-state index in [1.807, 2.05) is 0 Å². The second-order valence-corrected chi connectivity index (χ2v) is 6.09. The van der Waals surface area contributed by atoms with Crippen LogP contribution in [0.1, 0.15) is 37.3 Å². The maximum absolute atomic E-state index is 5.60. The fraction of sp³-hybridized carbons (Fsp3) is 0.500. The minimum absolute atomic E-state index is 0.0462. The van der Waals surface area contributed by atoms with E-state index < -0.39 is 0 Å². The Labute approximate surface area is 116 Å². The Balaban J connectivity index is 2.21. The molecule has 0 unspecified atom stereocenters. The number of rotatable bonds is 3. The van der Waals surface area contributed by atoms with Crippen LogP contribution >= 0.6 is 11.3 Å². The van der Waals surface area contributed by atoms with E-state index >= 15 is 0 Å². The molecule has 0 saturated heterocycles. The lowest BCUT2D eigenvalue weighted by atomic mass is 9.93. The Kier molecular flexibility index (Phi) is 3.66. The molecule has 7 heteroatoms. The van der Waals surface area contributed by atoms with E-state index in [0.29, 0.717) is 12.2 Å². The second kappa shape index (κ2) is 5.08. The maximum atomic E-state index is 5.60. The first-order chi connectivity index (χ1) is 8.88. The molecule has 0 aliphatic carbocycles. The summed E-state index contributed by atoms with van der Waals surface area (Å²) in [6.07, 6.45) is 0.532. The number of methoxy groups -OCH3 is 1. The van der Waals surface area contributed by atoms with Gasteiger partial charge in [-0.2, -0.15) is 15.0 Å². The minimum Gasteiger partial charge on any atom is -0.467 e. The highest BCUT2D eigenvalue weighted by molar-refractivity contribution is 7.09. The summed E-state index contributed by atoms with van der Waals surface area (Å²) in [5.41, 5.74) is 6.72. The highest BCUT2D eigenvalue weighted by Crippen LogP contribution is 2.24. The molecule has 0 fully saturated rings. The first kappa shape index (κ1) is 13.7. The van der Waals surface area contributed by atoms with E-state index in [1.54, 1.807) is 11.3 Å². The van der Waals surface area contributed by atoms with Crippen molar-refractivity contribution in [2.24, 2.45) is 0 Å². The van der Waals surface area contributed by atoms with E-state index in [2.05, 4.69) is 46.1 Å². The molecule has 19 heavy (non-hydrogen) atoms. The topological polar surface area (TPSA) is 86.8 Å². The van der Waals surface area contributed by atoms with Crippen molar-refractivity contribution in [1.82, 2.24) is 19.9 Å². The predicted molar refractivity (Wildman–Crippen MR) is 74.4 cm³/mol. The van der Waals surface area contributed by atoms with Crippen LogP contribution in [0.15, 0.2) is 5.38 Å². The summed E-state index contributed by atoms with van der Waals surface area (Å²) in [5.74, 6) is 0.730. The van der Waals surface area contributed by atoms with Gasteiger partial charge >= 0.3 is 6.01 Å². The fourth-order valence-corrected chi connectivity index (χ4v) is 2.48. The Morgan fingerprint density at radius 1 is 1.21 bits per heavy atom. The van der Waals surface area contributed by atoms with Crippen molar-refractivity contribution < 1.29 is 4.74 Å². The van der Waals surface area contributed by atoms with Gasteiger partial charge in [-0.05, 0) is 0 Å². The van der Waals surface area contributed by atoms with Crippen LogP contribution in [0.2, 0.25) is 0 Å². The SMILES string of the molecule is COc1nc(N)nc(Cc2nc(C(C)(C)C)cs2)n1. The van der Waals surface area contributed by atoms with Crippen LogP contribution in [0.5, 0.6) is 6.01 Å². The molecule has 2 rings (SSSR count). The van der Waals surface area contributed by atoms with Gasteiger partial charge in [-0.1, -0.05) is 20.8 Å². The Bertz CT molecular complexity index is 576. The van der Waals surface area contributed by atoms with Crippen molar-refractivity contribution in [2.75, 3.05) is 12.8 Å². The lowest BCUT2D eigenvalue weighted by Crippen LogP contribution is -2.11. The van der Waals surface area contributed by atoms with Crippen LogP contribution in [0.25, 0.3) is 0 Å². The third-order valence-electron chi connectivity index (χ3n) is 2.49. The van der Waals surface area contributed by atoms with Gasteiger partial charge in [0, 0.05) is 10.8 Å². The standard InChI is InChI=1S/C12H17N5OS/c1-12(2,3)7-6-19-9(14-7)5-8-15-10(13)17-11(16-8)18-4/h6H,5H2,1-4H3,(H2,13,15,16,17). The third kappa shape index (κ3) is 3.37. The summed E-state index contributed by atoms with van der Waals surface area (Å²) in [6, 6.07) is 0.232. The summed E-state index contributed by atoms with van der Waals surface area (Å²) < 4.78 is 4.97. The van der Waals surface area contributed by atoms with E-state index in [0.717, 1.165) is 10.7 Å². The number of hydrogen-bond donors (Lipinski definition) is 1. The molecule has 0 bridgehead atoms. The lowest BCUT2D eigenvalue weighted by molar-refractivity contribution is 0.377. The van der Waals surface area contributed by atoms with Gasteiger partial charge in [-0.3, -0.25) is 0 Å². The predicted octanol–water partition coefficient (Wildman–Crippen LogP) is 1.81. The molecule has 102 valence electrons. The molecule has 2 aromatic rings. The molecule has 0 saturated carbocycles. The first-order valence-corrected chi connectivity index (χ1v) is 6.76. The number of ether oxygens (including phenoxy) is 1. The van der Waals surface area contributed by atoms with Gasteiger partial charge in [0.15, 0.2) is 0 Å². The molecule has 2 heterocycles. The van der Waals surface area contributed by atoms with Gasteiger partial charge in [0.05, 0.1) is 19.2 Å². The van der Waals surface area contributed by atoms with Crippen molar-refractivity contribution >= 4 is 17.3 Å². The molecule has 0 aliphatic heterocycles. The molecule has 0 aromatic carbocycles. The van der Waals surface area contributed by atoms with E-state index in [1.165, 1.54) is 7.11 Å². The van der Waals surface area contributed by atoms with Crippen LogP contribution < -0.4 is 10.5 Å². The van der Waals surface area contributed by atoms with E-state index in [4.69, 9.17) is 10.5 Å². The Hall–Kier alpha value is -1.76. The number of anilines is 1. The summed E-state index contributed by atoms with van der Waals surface area (Å²) in [6.45, 7) is 6.40.